The van der Waals surface area contributed by atoms with E-state index in [-0.39, 0.29) is 31.0 Å². The van der Waals surface area contributed by atoms with E-state index in [1.165, 1.54) is 0 Å². The predicted molar refractivity (Wildman–Crippen MR) is 64.9 cm³/mol. The fourth-order valence-electron chi connectivity index (χ4n) is 1.80. The minimum Gasteiger partial charge on any atom is -0.396 e. The van der Waals surface area contributed by atoms with Crippen molar-refractivity contribution in [2.75, 3.05) is 18.1 Å². The molecule has 1 unspecified atom stereocenters. The van der Waals surface area contributed by atoms with Gasteiger partial charge in [0.05, 0.1) is 16.8 Å². The Balaban J connectivity index is 2.77. The Bertz CT molecular complexity index is 466. The molecule has 1 fully saturated rings. The Labute approximate surface area is 102 Å². The first kappa shape index (κ1) is 14.9. The van der Waals surface area contributed by atoms with Gasteiger partial charge in [-0.3, -0.25) is 0 Å². The number of hydrogen-bond donors (Lipinski definition) is 2. The van der Waals surface area contributed by atoms with Crippen molar-refractivity contribution < 1.29 is 21.9 Å². The Hall–Kier alpha value is -0.180. The minimum absolute atomic E-state index is 0.0704. The largest absolute Gasteiger partial charge is 0.396 e. The second kappa shape index (κ2) is 4.83. The third-order valence-electron chi connectivity index (χ3n) is 2.78. The van der Waals surface area contributed by atoms with Gasteiger partial charge < -0.3 is 5.11 Å². The van der Waals surface area contributed by atoms with Crippen molar-refractivity contribution in [2.24, 2.45) is 0 Å². The number of hydrogen-bond acceptors (Lipinski definition) is 5. The second-order valence-corrected chi connectivity index (χ2v) is 9.22. The van der Waals surface area contributed by atoms with E-state index in [2.05, 4.69) is 4.72 Å². The molecule has 0 amide bonds. The topological polar surface area (TPSA) is 101 Å². The zero-order valence-electron chi connectivity index (χ0n) is 10.0. The van der Waals surface area contributed by atoms with Crippen LogP contribution in [0.25, 0.3) is 0 Å². The third-order valence-corrected chi connectivity index (χ3v) is 6.88. The van der Waals surface area contributed by atoms with Crippen LogP contribution in [-0.2, 0) is 19.9 Å². The van der Waals surface area contributed by atoms with Gasteiger partial charge in [0.2, 0.25) is 10.0 Å². The molecule has 102 valence electrons. The van der Waals surface area contributed by atoms with Gasteiger partial charge in [-0.2, -0.15) is 0 Å². The molecule has 0 spiro atoms. The molecule has 0 aromatic carbocycles. The molecule has 0 aromatic heterocycles. The molecule has 0 saturated carbocycles. The lowest BCUT2D eigenvalue weighted by Gasteiger charge is -2.26. The van der Waals surface area contributed by atoms with E-state index in [4.69, 9.17) is 5.11 Å². The Morgan fingerprint density at radius 1 is 1.41 bits per heavy atom. The van der Waals surface area contributed by atoms with Crippen molar-refractivity contribution >= 4 is 19.9 Å². The van der Waals surface area contributed by atoms with E-state index < -0.39 is 30.6 Å². The van der Waals surface area contributed by atoms with Gasteiger partial charge >= 0.3 is 0 Å². The van der Waals surface area contributed by atoms with Crippen molar-refractivity contribution in [1.29, 1.82) is 0 Å². The molecule has 8 heteroatoms. The van der Waals surface area contributed by atoms with Crippen LogP contribution >= 0.6 is 0 Å². The van der Waals surface area contributed by atoms with Crippen molar-refractivity contribution in [1.82, 2.24) is 4.72 Å². The van der Waals surface area contributed by atoms with Crippen molar-refractivity contribution in [2.45, 2.75) is 37.5 Å². The Morgan fingerprint density at radius 3 is 2.41 bits per heavy atom. The lowest BCUT2D eigenvalue weighted by Crippen LogP contribution is -2.48. The minimum atomic E-state index is -3.65. The molecule has 17 heavy (non-hydrogen) atoms. The Kier molecular flexibility index (Phi) is 4.23. The average Bonchev–Trinajstić information content (AvgIpc) is 2.44. The monoisotopic (exact) mass is 285 g/mol. The summed E-state index contributed by atoms with van der Waals surface area (Å²) in [4.78, 5) is 0. The smallest absolute Gasteiger partial charge is 0.216 e. The van der Waals surface area contributed by atoms with Crippen molar-refractivity contribution in [3.63, 3.8) is 0 Å². The maximum Gasteiger partial charge on any atom is 0.216 e. The third kappa shape index (κ3) is 4.20. The van der Waals surface area contributed by atoms with Crippen LogP contribution in [-0.4, -0.2) is 50.8 Å². The van der Waals surface area contributed by atoms with Gasteiger partial charge in [0.1, 0.15) is 0 Å². The summed E-state index contributed by atoms with van der Waals surface area (Å²) in [6, 6.07) is 0. The quantitative estimate of drug-likeness (QED) is 0.692. The maximum atomic E-state index is 12.0. The number of aliphatic hydroxyl groups excluding tert-OH is 1. The van der Waals surface area contributed by atoms with Crippen molar-refractivity contribution in [3.05, 3.63) is 0 Å². The summed E-state index contributed by atoms with van der Waals surface area (Å²) >= 11 is 0. The molecule has 1 atom stereocenters. The molecule has 1 rings (SSSR count). The summed E-state index contributed by atoms with van der Waals surface area (Å²) in [6.45, 7) is 3.19. The number of sulfonamides is 1. The van der Waals surface area contributed by atoms with Crippen LogP contribution in [0.4, 0.5) is 0 Å². The van der Waals surface area contributed by atoms with Crippen LogP contribution in [0.15, 0.2) is 0 Å². The molecule has 0 bridgehead atoms. The van der Waals surface area contributed by atoms with Gasteiger partial charge in [0, 0.05) is 12.1 Å². The van der Waals surface area contributed by atoms with Gasteiger partial charge in [0.15, 0.2) is 9.84 Å². The van der Waals surface area contributed by atoms with E-state index in [1.807, 2.05) is 0 Å². The number of rotatable bonds is 5. The summed E-state index contributed by atoms with van der Waals surface area (Å²) < 4.78 is 48.9. The summed E-state index contributed by atoms with van der Waals surface area (Å²) in [6.07, 6.45) is 0.429. The zero-order chi connectivity index (χ0) is 13.3. The standard InChI is InChI=1S/C9H19NO5S2/c1-9(2,4-5-11)10-17(14,15)8-3-6-16(12,13)7-8/h8,10-11H,3-7H2,1-2H3. The van der Waals surface area contributed by atoms with Gasteiger partial charge in [-0.05, 0) is 26.7 Å². The predicted octanol–water partition coefficient (Wildman–Crippen LogP) is -0.746. The highest BCUT2D eigenvalue weighted by Crippen LogP contribution is 2.20. The fraction of sp³-hybridized carbons (Fsp3) is 1.00. The van der Waals surface area contributed by atoms with Gasteiger partial charge in [-0.1, -0.05) is 0 Å². The summed E-state index contributed by atoms with van der Waals surface area (Å²) in [5, 5.41) is 7.95. The molecule has 2 N–H and O–H groups in total. The van der Waals surface area contributed by atoms with Crippen LogP contribution in [0.5, 0.6) is 0 Å². The van der Waals surface area contributed by atoms with Gasteiger partial charge in [0.25, 0.3) is 0 Å². The van der Waals surface area contributed by atoms with Crippen LogP contribution < -0.4 is 4.72 Å². The van der Waals surface area contributed by atoms with Crippen LogP contribution in [0.3, 0.4) is 0 Å². The average molecular weight is 285 g/mol. The first-order valence-corrected chi connectivity index (χ1v) is 8.79. The molecular weight excluding hydrogens is 266 g/mol. The van der Waals surface area contributed by atoms with E-state index in [0.29, 0.717) is 0 Å². The fourth-order valence-corrected chi connectivity index (χ4v) is 6.30. The van der Waals surface area contributed by atoms with Crippen molar-refractivity contribution in [3.8, 4) is 0 Å². The van der Waals surface area contributed by atoms with Crippen LogP contribution in [0.1, 0.15) is 26.7 Å². The molecular formula is C9H19NO5S2. The normalized spacial score (nSPS) is 25.0. The lowest BCUT2D eigenvalue weighted by atomic mass is 10.0. The van der Waals surface area contributed by atoms with E-state index >= 15 is 0 Å². The molecule has 1 aliphatic rings. The summed E-state index contributed by atoms with van der Waals surface area (Å²) in [7, 11) is -6.87. The molecule has 1 heterocycles. The molecule has 1 saturated heterocycles. The van der Waals surface area contributed by atoms with Gasteiger partial charge in [-0.15, -0.1) is 0 Å². The highest BCUT2D eigenvalue weighted by Gasteiger charge is 2.39. The van der Waals surface area contributed by atoms with E-state index in [0.717, 1.165) is 0 Å². The molecule has 6 nitrogen and oxygen atoms in total. The second-order valence-electron chi connectivity index (χ2n) is 5.03. The number of aliphatic hydroxyl groups is 1. The number of sulfone groups is 1. The zero-order valence-corrected chi connectivity index (χ0v) is 11.6. The SMILES string of the molecule is CC(C)(CCO)NS(=O)(=O)C1CCS(=O)(=O)C1. The lowest BCUT2D eigenvalue weighted by molar-refractivity contribution is 0.245. The highest BCUT2D eigenvalue weighted by molar-refractivity contribution is 7.95. The van der Waals surface area contributed by atoms with Crippen LogP contribution in [0, 0.1) is 0 Å². The molecule has 0 aromatic rings. The first-order valence-electron chi connectivity index (χ1n) is 5.42. The van der Waals surface area contributed by atoms with Gasteiger partial charge in [-0.25, -0.2) is 21.6 Å². The van der Waals surface area contributed by atoms with E-state index in [1.54, 1.807) is 13.8 Å². The van der Waals surface area contributed by atoms with E-state index in [9.17, 15) is 16.8 Å². The molecule has 0 aliphatic carbocycles. The number of nitrogens with one attached hydrogen (secondary N) is 1. The highest BCUT2D eigenvalue weighted by atomic mass is 32.2. The maximum absolute atomic E-state index is 12.0. The first-order chi connectivity index (χ1) is 7.58. The summed E-state index contributed by atoms with van der Waals surface area (Å²) in [5.41, 5.74) is -0.764. The van der Waals surface area contributed by atoms with Crippen LogP contribution in [0.2, 0.25) is 0 Å². The Morgan fingerprint density at radius 2 is 2.00 bits per heavy atom. The molecule has 0 radical (unpaired) electrons. The summed E-state index contributed by atoms with van der Waals surface area (Å²) in [5.74, 6) is -0.378. The molecule has 1 aliphatic heterocycles.